The van der Waals surface area contributed by atoms with Gasteiger partial charge in [0.05, 0.1) is 5.69 Å². The Kier molecular flexibility index (Phi) is 2.11. The van der Waals surface area contributed by atoms with Gasteiger partial charge in [-0.05, 0) is 12.1 Å². The molecule has 74 valence electrons. The molecular formula is C10H13N3O. The van der Waals surface area contributed by atoms with E-state index in [9.17, 15) is 4.79 Å². The van der Waals surface area contributed by atoms with Gasteiger partial charge in [0.15, 0.2) is 5.69 Å². The maximum atomic E-state index is 11.8. The lowest BCUT2D eigenvalue weighted by Gasteiger charge is -2.17. The minimum absolute atomic E-state index is 0.00458. The van der Waals surface area contributed by atoms with Gasteiger partial charge in [-0.15, -0.1) is 0 Å². The molecule has 0 N–H and O–H groups in total. The van der Waals surface area contributed by atoms with E-state index in [0.717, 1.165) is 18.8 Å². The number of rotatable bonds is 0. The summed E-state index contributed by atoms with van der Waals surface area (Å²) in [4.78, 5) is 19.7. The molecule has 0 saturated carbocycles. The van der Waals surface area contributed by atoms with Gasteiger partial charge in [0.1, 0.15) is 0 Å². The number of likely N-dealkylation sites (N-methyl/N-ethyl adjacent to an activating group) is 2. The van der Waals surface area contributed by atoms with Crippen molar-refractivity contribution in [1.82, 2.24) is 9.88 Å². The number of fused-ring (bicyclic) bond motifs is 1. The van der Waals surface area contributed by atoms with Crippen LogP contribution in [0.1, 0.15) is 10.5 Å². The van der Waals surface area contributed by atoms with Crippen molar-refractivity contribution in [3.05, 3.63) is 24.0 Å². The Hall–Kier alpha value is -1.58. The Balaban J connectivity index is 2.51. The fraction of sp³-hybridized carbons (Fsp3) is 0.400. The smallest absolute Gasteiger partial charge is 0.274 e. The number of carbonyl (C=O) groups excluding carboxylic acids is 1. The Morgan fingerprint density at radius 1 is 1.29 bits per heavy atom. The third-order valence-corrected chi connectivity index (χ3v) is 2.52. The fourth-order valence-corrected chi connectivity index (χ4v) is 1.57. The first-order valence-electron chi connectivity index (χ1n) is 4.62. The van der Waals surface area contributed by atoms with Crippen molar-refractivity contribution in [3.63, 3.8) is 0 Å². The number of aromatic nitrogens is 1. The number of amides is 1. The van der Waals surface area contributed by atoms with Crippen molar-refractivity contribution in [2.75, 3.05) is 32.1 Å². The molecule has 1 aromatic heterocycles. The molecular weight excluding hydrogens is 178 g/mol. The first-order valence-corrected chi connectivity index (χ1v) is 4.62. The third kappa shape index (κ3) is 1.32. The predicted octanol–water partition coefficient (Wildman–Crippen LogP) is 0.603. The van der Waals surface area contributed by atoms with Gasteiger partial charge in [-0.2, -0.15) is 0 Å². The van der Waals surface area contributed by atoms with E-state index < -0.39 is 0 Å². The topological polar surface area (TPSA) is 36.4 Å². The lowest BCUT2D eigenvalue weighted by molar-refractivity contribution is 0.0799. The van der Waals surface area contributed by atoms with Crippen molar-refractivity contribution in [3.8, 4) is 0 Å². The van der Waals surface area contributed by atoms with E-state index in [1.165, 1.54) is 0 Å². The average Bonchev–Trinajstić information content (AvgIpc) is 2.33. The van der Waals surface area contributed by atoms with E-state index in [-0.39, 0.29) is 5.91 Å². The molecule has 2 rings (SSSR count). The van der Waals surface area contributed by atoms with Gasteiger partial charge in [-0.1, -0.05) is 0 Å². The highest BCUT2D eigenvalue weighted by molar-refractivity contribution is 5.98. The first-order chi connectivity index (χ1) is 6.70. The van der Waals surface area contributed by atoms with Crippen LogP contribution in [0.25, 0.3) is 0 Å². The summed E-state index contributed by atoms with van der Waals surface area (Å²) in [6, 6.07) is 3.79. The molecule has 4 heteroatoms. The second kappa shape index (κ2) is 3.29. The molecule has 1 aromatic rings. The summed E-state index contributed by atoms with van der Waals surface area (Å²) in [6.45, 7) is 1.59. The van der Waals surface area contributed by atoms with Gasteiger partial charge in [-0.3, -0.25) is 4.79 Å². The standard InChI is InChI=1S/C10H13N3O/c1-12-6-7-13(2)10(14)9-8(12)4-3-5-11-9/h3-5H,6-7H2,1-2H3. The second-order valence-corrected chi connectivity index (χ2v) is 3.52. The van der Waals surface area contributed by atoms with Crippen LogP contribution in [0, 0.1) is 0 Å². The highest BCUT2D eigenvalue weighted by atomic mass is 16.2. The third-order valence-electron chi connectivity index (χ3n) is 2.52. The lowest BCUT2D eigenvalue weighted by atomic mass is 10.2. The Morgan fingerprint density at radius 3 is 2.79 bits per heavy atom. The molecule has 1 aliphatic rings. The molecule has 2 heterocycles. The van der Waals surface area contributed by atoms with E-state index in [4.69, 9.17) is 0 Å². The summed E-state index contributed by atoms with van der Waals surface area (Å²) in [5.74, 6) is 0.00458. The van der Waals surface area contributed by atoms with E-state index in [0.29, 0.717) is 5.69 Å². The molecule has 4 nitrogen and oxygen atoms in total. The maximum Gasteiger partial charge on any atom is 0.274 e. The van der Waals surface area contributed by atoms with Crippen LogP contribution < -0.4 is 4.90 Å². The molecule has 0 atom stereocenters. The monoisotopic (exact) mass is 191 g/mol. The van der Waals surface area contributed by atoms with Crippen LogP contribution in [0.2, 0.25) is 0 Å². The molecule has 14 heavy (non-hydrogen) atoms. The number of hydrogen-bond donors (Lipinski definition) is 0. The van der Waals surface area contributed by atoms with Gasteiger partial charge >= 0.3 is 0 Å². The normalized spacial score (nSPS) is 16.6. The summed E-state index contributed by atoms with van der Waals surface area (Å²) in [6.07, 6.45) is 1.66. The largest absolute Gasteiger partial charge is 0.371 e. The molecule has 0 spiro atoms. The molecule has 1 amide bonds. The zero-order chi connectivity index (χ0) is 10.1. The zero-order valence-corrected chi connectivity index (χ0v) is 8.40. The number of pyridine rings is 1. The summed E-state index contributed by atoms with van der Waals surface area (Å²) in [5.41, 5.74) is 1.47. The molecule has 0 aliphatic carbocycles. The number of nitrogens with zero attached hydrogens (tertiary/aromatic N) is 3. The van der Waals surface area contributed by atoms with Crippen LogP contribution >= 0.6 is 0 Å². The van der Waals surface area contributed by atoms with Crippen LogP contribution in [-0.2, 0) is 0 Å². The average molecular weight is 191 g/mol. The Morgan fingerprint density at radius 2 is 2.00 bits per heavy atom. The predicted molar refractivity (Wildman–Crippen MR) is 54.5 cm³/mol. The summed E-state index contributed by atoms with van der Waals surface area (Å²) in [5, 5.41) is 0. The van der Waals surface area contributed by atoms with Crippen molar-refractivity contribution >= 4 is 11.6 Å². The molecule has 0 unspecified atom stereocenters. The highest BCUT2D eigenvalue weighted by Crippen LogP contribution is 2.20. The van der Waals surface area contributed by atoms with Gasteiger partial charge in [0.25, 0.3) is 5.91 Å². The van der Waals surface area contributed by atoms with Gasteiger partial charge in [-0.25, -0.2) is 4.98 Å². The summed E-state index contributed by atoms with van der Waals surface area (Å²) >= 11 is 0. The Labute approximate surface area is 83.2 Å². The van der Waals surface area contributed by atoms with Crippen LogP contribution in [-0.4, -0.2) is 43.0 Å². The molecule has 0 bridgehead atoms. The fourth-order valence-electron chi connectivity index (χ4n) is 1.57. The van der Waals surface area contributed by atoms with Crippen molar-refractivity contribution in [2.24, 2.45) is 0 Å². The van der Waals surface area contributed by atoms with E-state index >= 15 is 0 Å². The number of anilines is 1. The maximum absolute atomic E-state index is 11.8. The SMILES string of the molecule is CN1CCN(C)c2cccnc2C1=O. The van der Waals surface area contributed by atoms with Crippen LogP contribution in [0.4, 0.5) is 5.69 Å². The lowest BCUT2D eigenvalue weighted by Crippen LogP contribution is -2.30. The minimum Gasteiger partial charge on any atom is -0.371 e. The van der Waals surface area contributed by atoms with Crippen molar-refractivity contribution in [1.29, 1.82) is 0 Å². The van der Waals surface area contributed by atoms with E-state index in [1.807, 2.05) is 19.2 Å². The molecule has 1 aliphatic heterocycles. The van der Waals surface area contributed by atoms with Crippen LogP contribution in [0.3, 0.4) is 0 Å². The molecule has 0 saturated heterocycles. The van der Waals surface area contributed by atoms with Crippen LogP contribution in [0.15, 0.2) is 18.3 Å². The quantitative estimate of drug-likeness (QED) is 0.602. The van der Waals surface area contributed by atoms with Crippen molar-refractivity contribution in [2.45, 2.75) is 0 Å². The van der Waals surface area contributed by atoms with E-state index in [2.05, 4.69) is 9.88 Å². The minimum atomic E-state index is 0.00458. The van der Waals surface area contributed by atoms with Crippen molar-refractivity contribution < 1.29 is 4.79 Å². The molecule has 0 radical (unpaired) electrons. The molecule has 0 aromatic carbocycles. The second-order valence-electron chi connectivity index (χ2n) is 3.52. The van der Waals surface area contributed by atoms with Gasteiger partial charge in [0.2, 0.25) is 0 Å². The summed E-state index contributed by atoms with van der Waals surface area (Å²) in [7, 11) is 3.78. The number of carbonyl (C=O) groups is 1. The zero-order valence-electron chi connectivity index (χ0n) is 8.40. The summed E-state index contributed by atoms with van der Waals surface area (Å²) < 4.78 is 0. The molecule has 0 fully saturated rings. The Bertz CT molecular complexity index is 364. The van der Waals surface area contributed by atoms with Crippen LogP contribution in [0.5, 0.6) is 0 Å². The van der Waals surface area contributed by atoms with Gasteiger partial charge in [0, 0.05) is 33.4 Å². The number of hydrogen-bond acceptors (Lipinski definition) is 3. The van der Waals surface area contributed by atoms with Gasteiger partial charge < -0.3 is 9.80 Å². The first kappa shape index (κ1) is 8.99. The highest BCUT2D eigenvalue weighted by Gasteiger charge is 2.22. The van der Waals surface area contributed by atoms with E-state index in [1.54, 1.807) is 18.1 Å².